The summed E-state index contributed by atoms with van der Waals surface area (Å²) in [5, 5.41) is 3.29. The molecule has 3 N–H and O–H groups in total. The van der Waals surface area contributed by atoms with E-state index in [9.17, 15) is 9.59 Å². The minimum absolute atomic E-state index is 0.0332. The average Bonchev–Trinajstić information content (AvgIpc) is 3.28. The zero-order chi connectivity index (χ0) is 16.1. The summed E-state index contributed by atoms with van der Waals surface area (Å²) in [6, 6.07) is 4.67. The maximum atomic E-state index is 11.6. The SMILES string of the molecule is O=C(COc1ccc(Cl)cc1Cl)NNC(=S)NC(=O)C1CC1. The van der Waals surface area contributed by atoms with Crippen molar-refractivity contribution >= 4 is 52.3 Å². The number of hydrogen-bond donors (Lipinski definition) is 3. The number of amides is 2. The Morgan fingerprint density at radius 2 is 2.00 bits per heavy atom. The van der Waals surface area contributed by atoms with Gasteiger partial charge in [0.25, 0.3) is 5.91 Å². The Morgan fingerprint density at radius 1 is 1.27 bits per heavy atom. The fraction of sp³-hybridized carbons (Fsp3) is 0.308. The van der Waals surface area contributed by atoms with E-state index < -0.39 is 5.91 Å². The molecule has 0 aromatic heterocycles. The largest absolute Gasteiger partial charge is 0.482 e. The highest BCUT2D eigenvalue weighted by atomic mass is 35.5. The molecular formula is C13H13Cl2N3O3S. The number of benzene rings is 1. The first-order valence-electron chi connectivity index (χ1n) is 6.43. The molecule has 2 amide bonds. The zero-order valence-corrected chi connectivity index (χ0v) is 13.6. The molecule has 2 rings (SSSR count). The Kier molecular flexibility index (Phi) is 5.82. The number of carbonyl (C=O) groups is 2. The highest BCUT2D eigenvalue weighted by Gasteiger charge is 2.30. The van der Waals surface area contributed by atoms with Gasteiger partial charge in [-0.3, -0.25) is 20.4 Å². The molecule has 9 heteroatoms. The van der Waals surface area contributed by atoms with Crippen molar-refractivity contribution in [2.75, 3.05) is 6.61 Å². The smallest absolute Gasteiger partial charge is 0.276 e. The monoisotopic (exact) mass is 361 g/mol. The van der Waals surface area contributed by atoms with E-state index in [-0.39, 0.29) is 23.5 Å². The van der Waals surface area contributed by atoms with Crippen LogP contribution in [0.25, 0.3) is 0 Å². The Morgan fingerprint density at radius 3 is 2.64 bits per heavy atom. The van der Waals surface area contributed by atoms with Crippen LogP contribution in [0.5, 0.6) is 5.75 Å². The first-order chi connectivity index (χ1) is 10.5. The zero-order valence-electron chi connectivity index (χ0n) is 11.3. The second kappa shape index (κ2) is 7.62. The first kappa shape index (κ1) is 16.8. The summed E-state index contributed by atoms with van der Waals surface area (Å²) >= 11 is 16.5. The van der Waals surface area contributed by atoms with E-state index in [1.165, 1.54) is 6.07 Å². The Bertz CT molecular complexity index is 608. The molecule has 1 fully saturated rings. The number of thiocarbonyl (C=S) groups is 1. The van der Waals surface area contributed by atoms with Gasteiger partial charge >= 0.3 is 0 Å². The summed E-state index contributed by atoms with van der Waals surface area (Å²) in [7, 11) is 0. The van der Waals surface area contributed by atoms with Gasteiger partial charge in [-0.25, -0.2) is 0 Å². The van der Waals surface area contributed by atoms with Gasteiger partial charge in [0.05, 0.1) is 5.02 Å². The number of hydrazine groups is 1. The lowest BCUT2D eigenvalue weighted by Gasteiger charge is -2.11. The Balaban J connectivity index is 1.69. The Labute approximate surface area is 142 Å². The molecule has 0 heterocycles. The molecule has 118 valence electrons. The van der Waals surface area contributed by atoms with Gasteiger partial charge in [-0.05, 0) is 43.3 Å². The van der Waals surface area contributed by atoms with Crippen molar-refractivity contribution < 1.29 is 14.3 Å². The van der Waals surface area contributed by atoms with Gasteiger partial charge in [-0.2, -0.15) is 0 Å². The van der Waals surface area contributed by atoms with Crippen LogP contribution < -0.4 is 20.9 Å². The third-order valence-electron chi connectivity index (χ3n) is 2.75. The predicted octanol–water partition coefficient (Wildman–Crippen LogP) is 1.80. The highest BCUT2D eigenvalue weighted by molar-refractivity contribution is 7.80. The van der Waals surface area contributed by atoms with Crippen molar-refractivity contribution in [2.45, 2.75) is 12.8 Å². The van der Waals surface area contributed by atoms with E-state index >= 15 is 0 Å². The summed E-state index contributed by atoms with van der Waals surface area (Å²) in [6.07, 6.45) is 1.74. The van der Waals surface area contributed by atoms with Crippen LogP contribution in [0.3, 0.4) is 0 Å². The third kappa shape index (κ3) is 5.32. The van der Waals surface area contributed by atoms with Gasteiger partial charge < -0.3 is 10.1 Å². The second-order valence-corrected chi connectivity index (χ2v) is 5.88. The number of rotatable bonds is 4. The van der Waals surface area contributed by atoms with E-state index in [0.717, 1.165) is 12.8 Å². The van der Waals surface area contributed by atoms with Crippen LogP contribution >= 0.6 is 35.4 Å². The number of ether oxygens (including phenoxy) is 1. The molecule has 0 radical (unpaired) electrons. The lowest BCUT2D eigenvalue weighted by atomic mass is 10.3. The maximum absolute atomic E-state index is 11.6. The van der Waals surface area contributed by atoms with Crippen molar-refractivity contribution in [3.63, 3.8) is 0 Å². The van der Waals surface area contributed by atoms with Crippen molar-refractivity contribution in [3.8, 4) is 5.75 Å². The van der Waals surface area contributed by atoms with Gasteiger partial charge in [0.1, 0.15) is 5.75 Å². The molecule has 6 nitrogen and oxygen atoms in total. The molecule has 1 aromatic carbocycles. The Hall–Kier alpha value is -1.57. The van der Waals surface area contributed by atoms with Crippen LogP contribution in [0.4, 0.5) is 0 Å². The molecule has 0 spiro atoms. The number of hydrogen-bond acceptors (Lipinski definition) is 4. The molecule has 0 saturated heterocycles. The molecule has 0 atom stereocenters. The van der Waals surface area contributed by atoms with Crippen LogP contribution in [-0.4, -0.2) is 23.5 Å². The van der Waals surface area contributed by atoms with Crippen LogP contribution in [-0.2, 0) is 9.59 Å². The third-order valence-corrected chi connectivity index (χ3v) is 3.49. The van der Waals surface area contributed by atoms with Gasteiger partial charge in [0, 0.05) is 10.9 Å². The lowest BCUT2D eigenvalue weighted by Crippen LogP contribution is -2.50. The summed E-state index contributed by atoms with van der Waals surface area (Å²) in [5.41, 5.74) is 4.73. The number of nitrogens with one attached hydrogen (secondary N) is 3. The van der Waals surface area contributed by atoms with Gasteiger partial charge in [0.15, 0.2) is 11.7 Å². The molecule has 0 bridgehead atoms. The van der Waals surface area contributed by atoms with Crippen molar-refractivity contribution in [3.05, 3.63) is 28.2 Å². The number of halogens is 2. The molecular weight excluding hydrogens is 349 g/mol. The van der Waals surface area contributed by atoms with E-state index in [2.05, 4.69) is 16.2 Å². The molecule has 22 heavy (non-hydrogen) atoms. The quantitative estimate of drug-likeness (QED) is 0.562. The average molecular weight is 362 g/mol. The van der Waals surface area contributed by atoms with Gasteiger partial charge in [-0.1, -0.05) is 23.2 Å². The fourth-order valence-corrected chi connectivity index (χ4v) is 2.10. The summed E-state index contributed by atoms with van der Waals surface area (Å²) in [5.74, 6) is -0.248. The predicted molar refractivity (Wildman–Crippen MR) is 86.7 cm³/mol. The summed E-state index contributed by atoms with van der Waals surface area (Å²) in [4.78, 5) is 23.0. The van der Waals surface area contributed by atoms with Gasteiger partial charge in [0.2, 0.25) is 5.91 Å². The van der Waals surface area contributed by atoms with E-state index in [1.54, 1.807) is 12.1 Å². The van der Waals surface area contributed by atoms with Crippen molar-refractivity contribution in [1.29, 1.82) is 0 Å². The first-order valence-corrected chi connectivity index (χ1v) is 7.59. The summed E-state index contributed by atoms with van der Waals surface area (Å²) in [6.45, 7) is -0.270. The minimum atomic E-state index is -0.478. The molecule has 1 saturated carbocycles. The van der Waals surface area contributed by atoms with E-state index in [4.69, 9.17) is 40.2 Å². The second-order valence-electron chi connectivity index (χ2n) is 4.63. The maximum Gasteiger partial charge on any atom is 0.276 e. The molecule has 0 aliphatic heterocycles. The van der Waals surface area contributed by atoms with Crippen molar-refractivity contribution in [2.24, 2.45) is 5.92 Å². The summed E-state index contributed by atoms with van der Waals surface area (Å²) < 4.78 is 5.24. The lowest BCUT2D eigenvalue weighted by molar-refractivity contribution is -0.124. The minimum Gasteiger partial charge on any atom is -0.482 e. The molecule has 1 aromatic rings. The van der Waals surface area contributed by atoms with E-state index in [1.807, 2.05) is 0 Å². The molecule has 1 aliphatic carbocycles. The normalized spacial score (nSPS) is 13.2. The van der Waals surface area contributed by atoms with Gasteiger partial charge in [-0.15, -0.1) is 0 Å². The fourth-order valence-electron chi connectivity index (χ4n) is 1.49. The number of carbonyl (C=O) groups excluding carboxylic acids is 2. The van der Waals surface area contributed by atoms with Crippen LogP contribution in [0.15, 0.2) is 18.2 Å². The van der Waals surface area contributed by atoms with Crippen LogP contribution in [0.2, 0.25) is 10.0 Å². The highest BCUT2D eigenvalue weighted by Crippen LogP contribution is 2.28. The molecule has 0 unspecified atom stereocenters. The molecule has 1 aliphatic rings. The van der Waals surface area contributed by atoms with Crippen LogP contribution in [0, 0.1) is 5.92 Å². The standard InChI is InChI=1S/C13H13Cl2N3O3S/c14-8-3-4-10(9(15)5-8)21-6-11(19)17-18-13(22)16-12(20)7-1-2-7/h3-5,7H,1-2,6H2,(H,17,19)(H2,16,18,20,22). The van der Waals surface area contributed by atoms with Crippen molar-refractivity contribution in [1.82, 2.24) is 16.2 Å². The van der Waals surface area contributed by atoms with E-state index in [0.29, 0.717) is 15.8 Å². The topological polar surface area (TPSA) is 79.5 Å². The van der Waals surface area contributed by atoms with Crippen LogP contribution in [0.1, 0.15) is 12.8 Å².